The van der Waals surface area contributed by atoms with Crippen LogP contribution in [-0.4, -0.2) is 85.9 Å². The lowest BCUT2D eigenvalue weighted by atomic mass is 9.80. The predicted octanol–water partition coefficient (Wildman–Crippen LogP) is 5.12. The van der Waals surface area contributed by atoms with Gasteiger partial charge in [-0.3, -0.25) is 9.30 Å². The maximum atomic E-state index is 17.3. The monoisotopic (exact) mass is 615 g/mol. The quantitative estimate of drug-likeness (QED) is 0.320. The number of nitrogens with one attached hydrogen (secondary N) is 1. The van der Waals surface area contributed by atoms with Crippen molar-refractivity contribution < 1.29 is 18.6 Å². The maximum absolute atomic E-state index is 17.3. The number of anilines is 1. The van der Waals surface area contributed by atoms with Crippen molar-refractivity contribution in [2.24, 2.45) is 0 Å². The maximum Gasteiger partial charge on any atom is 0.319 e. The number of rotatable bonds is 5. The van der Waals surface area contributed by atoms with Gasteiger partial charge in [0.1, 0.15) is 29.9 Å². The SMILES string of the molecule is CC1CCCc2cc(O)cc(-c3c(F)c4nc(OC[C@@]56CCCN5C[C@H](F)C6)nc(N5C[C@H]6CC[C@@H](C5)N6)c4c4nccn34)c21. The van der Waals surface area contributed by atoms with E-state index in [2.05, 4.69) is 22.0 Å². The van der Waals surface area contributed by atoms with Crippen LogP contribution in [0, 0.1) is 5.82 Å². The minimum absolute atomic E-state index is 0.110. The molecule has 4 aliphatic heterocycles. The molecule has 0 radical (unpaired) electrons. The molecular formula is C34H39F2N7O2. The van der Waals surface area contributed by atoms with Crippen molar-refractivity contribution in [2.75, 3.05) is 37.7 Å². The highest BCUT2D eigenvalue weighted by Gasteiger charge is 2.49. The summed E-state index contributed by atoms with van der Waals surface area (Å²) in [5, 5.41) is 15.0. The fourth-order valence-electron chi connectivity index (χ4n) is 9.26. The fourth-order valence-corrected chi connectivity index (χ4v) is 9.26. The minimum atomic E-state index is -0.873. The van der Waals surface area contributed by atoms with Crippen LogP contribution in [0.1, 0.15) is 68.9 Å². The average molecular weight is 616 g/mol. The highest BCUT2D eigenvalue weighted by Crippen LogP contribution is 2.45. The van der Waals surface area contributed by atoms with Crippen LogP contribution in [0.3, 0.4) is 0 Å². The van der Waals surface area contributed by atoms with E-state index in [0.717, 1.165) is 75.7 Å². The molecule has 0 saturated carbocycles. The Morgan fingerprint density at radius 2 is 1.96 bits per heavy atom. The molecule has 5 atom stereocenters. The first-order chi connectivity index (χ1) is 21.9. The molecular weight excluding hydrogens is 576 g/mol. The molecule has 4 saturated heterocycles. The number of benzene rings is 1. The van der Waals surface area contributed by atoms with Gasteiger partial charge in [-0.15, -0.1) is 0 Å². The van der Waals surface area contributed by atoms with Crippen molar-refractivity contribution in [2.45, 2.75) is 88.0 Å². The number of halogens is 2. The Labute approximate surface area is 260 Å². The molecule has 11 heteroatoms. The summed E-state index contributed by atoms with van der Waals surface area (Å²) in [6.07, 6.45) is 9.96. The van der Waals surface area contributed by atoms with Crippen molar-refractivity contribution in [3.05, 3.63) is 41.5 Å². The van der Waals surface area contributed by atoms with Gasteiger partial charge in [0.25, 0.3) is 0 Å². The van der Waals surface area contributed by atoms with Gasteiger partial charge in [-0.25, -0.2) is 13.8 Å². The number of phenols is 1. The Hall–Kier alpha value is -3.57. The summed E-state index contributed by atoms with van der Waals surface area (Å²) in [5.41, 5.74) is 3.49. The van der Waals surface area contributed by atoms with Crippen LogP contribution >= 0.6 is 0 Å². The number of phenolic OH excluding ortho intramolecular Hbond substituents is 1. The number of aromatic hydroxyl groups is 1. The second kappa shape index (κ2) is 10.2. The fraction of sp³-hybridized carbons (Fsp3) is 0.559. The van der Waals surface area contributed by atoms with Crippen molar-refractivity contribution in [1.29, 1.82) is 0 Å². The van der Waals surface area contributed by atoms with E-state index in [4.69, 9.17) is 19.7 Å². The highest BCUT2D eigenvalue weighted by atomic mass is 19.1. The topological polar surface area (TPSA) is 91.1 Å². The van der Waals surface area contributed by atoms with Gasteiger partial charge in [0.2, 0.25) is 0 Å². The molecule has 9 nitrogen and oxygen atoms in total. The molecule has 45 heavy (non-hydrogen) atoms. The smallest absolute Gasteiger partial charge is 0.319 e. The third-order valence-corrected chi connectivity index (χ3v) is 11.2. The third kappa shape index (κ3) is 4.33. The summed E-state index contributed by atoms with van der Waals surface area (Å²) in [6, 6.07) is 4.28. The Bertz CT molecular complexity index is 1820. The van der Waals surface area contributed by atoms with Gasteiger partial charge in [-0.1, -0.05) is 6.92 Å². The van der Waals surface area contributed by atoms with E-state index < -0.39 is 12.0 Å². The number of alkyl halides is 1. The van der Waals surface area contributed by atoms with Crippen LogP contribution in [-0.2, 0) is 6.42 Å². The third-order valence-electron chi connectivity index (χ3n) is 11.2. The second-order valence-electron chi connectivity index (χ2n) is 14.1. The van der Waals surface area contributed by atoms with Crippen LogP contribution in [0.4, 0.5) is 14.6 Å². The number of imidazole rings is 1. The summed E-state index contributed by atoms with van der Waals surface area (Å²) in [4.78, 5) is 18.9. The van der Waals surface area contributed by atoms with Gasteiger partial charge in [0.05, 0.1) is 16.6 Å². The minimum Gasteiger partial charge on any atom is -0.508 e. The summed E-state index contributed by atoms with van der Waals surface area (Å²) in [6.45, 7) is 5.22. The number of aromatic nitrogens is 4. The van der Waals surface area contributed by atoms with E-state index in [0.29, 0.717) is 53.2 Å². The van der Waals surface area contributed by atoms with Gasteiger partial charge in [-0.2, -0.15) is 9.97 Å². The Balaban J connectivity index is 1.24. The first-order valence-corrected chi connectivity index (χ1v) is 16.6. The molecule has 1 aliphatic carbocycles. The largest absolute Gasteiger partial charge is 0.508 e. The number of aryl methyl sites for hydroxylation is 1. The van der Waals surface area contributed by atoms with Crippen molar-refractivity contribution in [3.8, 4) is 23.0 Å². The Kier molecular flexibility index (Phi) is 6.29. The van der Waals surface area contributed by atoms with Gasteiger partial charge >= 0.3 is 6.01 Å². The van der Waals surface area contributed by atoms with E-state index in [1.54, 1.807) is 22.9 Å². The Morgan fingerprint density at radius 1 is 1.11 bits per heavy atom. The number of ether oxygens (including phenoxy) is 1. The van der Waals surface area contributed by atoms with Crippen molar-refractivity contribution >= 4 is 22.4 Å². The first kappa shape index (κ1) is 27.7. The van der Waals surface area contributed by atoms with Crippen LogP contribution in [0.15, 0.2) is 24.5 Å². The first-order valence-electron chi connectivity index (χ1n) is 16.6. The molecule has 0 amide bonds. The molecule has 3 aromatic heterocycles. The summed E-state index contributed by atoms with van der Waals surface area (Å²) >= 11 is 0. The lowest BCUT2D eigenvalue weighted by Gasteiger charge is -2.35. The van der Waals surface area contributed by atoms with Crippen LogP contribution in [0.2, 0.25) is 0 Å². The predicted molar refractivity (Wildman–Crippen MR) is 167 cm³/mol. The standard InChI is InChI=1S/C34H39F2N7O2/c1-19-4-2-5-20-12-24(44)13-25(26(19)20)30-28(36)29-27(31-37-9-11-43(30)31)32(41-16-22-6-7-23(17-41)38-22)40-33(39-29)45-18-34-8-3-10-42(34)15-21(35)14-34/h9,11-13,19,21-23,38,44H,2-8,10,14-18H2,1H3/t19?,21-,22-,23+,34+/m1/s1. The average Bonchev–Trinajstić information content (AvgIpc) is 3.79. The second-order valence-corrected chi connectivity index (χ2v) is 14.1. The van der Waals surface area contributed by atoms with Crippen molar-refractivity contribution in [1.82, 2.24) is 29.6 Å². The zero-order valence-corrected chi connectivity index (χ0v) is 25.6. The van der Waals surface area contributed by atoms with Gasteiger partial charge < -0.3 is 20.1 Å². The van der Waals surface area contributed by atoms with E-state index in [1.165, 1.54) is 0 Å². The van der Waals surface area contributed by atoms with Gasteiger partial charge in [0, 0.05) is 56.1 Å². The van der Waals surface area contributed by atoms with Gasteiger partial charge in [0.15, 0.2) is 11.5 Å². The van der Waals surface area contributed by atoms with E-state index >= 15 is 4.39 Å². The number of hydrogen-bond donors (Lipinski definition) is 2. The van der Waals surface area contributed by atoms with Crippen molar-refractivity contribution in [3.63, 3.8) is 0 Å². The Morgan fingerprint density at radius 3 is 2.80 bits per heavy atom. The molecule has 2 N–H and O–H groups in total. The number of hydrogen-bond acceptors (Lipinski definition) is 8. The van der Waals surface area contributed by atoms with Crippen LogP contribution < -0.4 is 15.0 Å². The molecule has 9 rings (SSSR count). The molecule has 5 aliphatic rings. The molecule has 1 unspecified atom stereocenters. The van der Waals surface area contributed by atoms with Gasteiger partial charge in [-0.05, 0) is 80.7 Å². The van der Waals surface area contributed by atoms with Crippen LogP contribution in [0.5, 0.6) is 11.8 Å². The molecule has 0 spiro atoms. The van der Waals surface area contributed by atoms with Crippen LogP contribution in [0.25, 0.3) is 27.8 Å². The zero-order chi connectivity index (χ0) is 30.4. The number of nitrogens with zero attached hydrogens (tertiary/aromatic N) is 6. The zero-order valence-electron chi connectivity index (χ0n) is 25.6. The molecule has 4 fully saturated rings. The number of piperazine rings is 1. The normalized spacial score (nSPS) is 29.5. The van der Waals surface area contributed by atoms with E-state index in [1.807, 2.05) is 6.07 Å². The number of pyridine rings is 1. The summed E-state index contributed by atoms with van der Waals surface area (Å²) < 4.78 is 40.0. The summed E-state index contributed by atoms with van der Waals surface area (Å²) in [7, 11) is 0. The molecule has 236 valence electrons. The lowest BCUT2D eigenvalue weighted by Crippen LogP contribution is -2.51. The molecule has 1 aromatic carbocycles. The summed E-state index contributed by atoms with van der Waals surface area (Å²) in [5.74, 6) is 0.473. The molecule has 2 bridgehead atoms. The molecule has 7 heterocycles. The lowest BCUT2D eigenvalue weighted by molar-refractivity contribution is 0.107. The van der Waals surface area contributed by atoms with E-state index in [-0.39, 0.29) is 35.3 Å². The van der Waals surface area contributed by atoms with E-state index in [9.17, 15) is 9.50 Å². The highest BCUT2D eigenvalue weighted by molar-refractivity contribution is 6.03. The number of fused-ring (bicyclic) bond motifs is 7. The molecule has 4 aromatic rings.